The van der Waals surface area contributed by atoms with Crippen molar-refractivity contribution in [1.82, 2.24) is 29.5 Å². The van der Waals surface area contributed by atoms with E-state index in [-0.39, 0.29) is 0 Å². The Morgan fingerprint density at radius 3 is 1.37 bits per heavy atom. The number of aromatic nitrogens is 6. The van der Waals surface area contributed by atoms with E-state index < -0.39 is 10.8 Å². The number of pyridine rings is 3. The maximum absolute atomic E-state index is 9.86. The zero-order valence-corrected chi connectivity index (χ0v) is 64.0. The molecule has 9 heteroatoms. The summed E-state index contributed by atoms with van der Waals surface area (Å²) in [5.41, 5.74) is 30.1. The fourth-order valence-electron chi connectivity index (χ4n) is 19.6. The molecule has 2 spiro atoms. The standard InChI is InChI=1S/C60H36N4O.C50H29N3O/c61-37-38-24-30-55-48(32-38)47-29-25-42(35-56(47)64(55)44-18-8-3-9-19-44)41-27-31-58-52(33-41)60(50-22-12-13-23-57(50)65-58)49-21-11-10-20-45(49)46-28-26-43(34-51(46)60)59-62-53(39-14-4-1-5-15-39)36-54(63-59)40-16-6-2-7-17-40;1-2-10-36-30(8-1)15-16-32-20-24-43(52-47(32)36)35-22-26-46-42(29-35)50(40-13-5-6-14-45(40)54-46)39-12-4-3-11-37(39)38-23-19-34(28-41(38)50)44-25-21-33-18-17-31-9-7-27-51-48(31)49(33)53-44/h1-36H;1-29H. The normalized spacial score (nSPS) is 14.7. The van der Waals surface area contributed by atoms with Gasteiger partial charge >= 0.3 is 0 Å². The van der Waals surface area contributed by atoms with Crippen molar-refractivity contribution in [2.24, 2.45) is 0 Å². The first kappa shape index (κ1) is 67.5. The minimum atomic E-state index is -0.724. The summed E-state index contributed by atoms with van der Waals surface area (Å²) in [7, 11) is 0. The molecule has 7 heterocycles. The van der Waals surface area contributed by atoms with Crippen molar-refractivity contribution in [2.75, 3.05) is 0 Å². The predicted molar refractivity (Wildman–Crippen MR) is 478 cm³/mol. The van der Waals surface area contributed by atoms with Gasteiger partial charge in [-0.05, 0) is 176 Å². The van der Waals surface area contributed by atoms with Crippen LogP contribution in [0.3, 0.4) is 0 Å². The lowest BCUT2D eigenvalue weighted by Crippen LogP contribution is -2.32. The van der Waals surface area contributed by atoms with Gasteiger partial charge < -0.3 is 14.0 Å². The molecular formula is C110H65N7O2. The Balaban J connectivity index is 0.000000138. The minimum Gasteiger partial charge on any atom is -0.457 e. The first-order valence-electron chi connectivity index (χ1n) is 40.2. The first-order chi connectivity index (χ1) is 58.9. The van der Waals surface area contributed by atoms with Gasteiger partial charge in [0.05, 0.1) is 72.8 Å². The number of hydrogen-bond acceptors (Lipinski definition) is 8. The Bertz CT molecular complexity index is 7850. The van der Waals surface area contributed by atoms with Crippen molar-refractivity contribution in [1.29, 1.82) is 5.26 Å². The van der Waals surface area contributed by atoms with Gasteiger partial charge in [-0.2, -0.15) is 5.26 Å². The molecule has 2 aliphatic heterocycles. The fraction of sp³-hybridized carbons (Fsp3) is 0.0182. The first-order valence-corrected chi connectivity index (χ1v) is 40.2. The molecule has 552 valence electrons. The third-order valence-corrected chi connectivity index (χ3v) is 24.9. The van der Waals surface area contributed by atoms with Gasteiger partial charge in [0, 0.05) is 94.3 Å². The Morgan fingerprint density at radius 1 is 0.261 bits per heavy atom. The number of fused-ring (bicyclic) bond motifs is 27. The second-order valence-electron chi connectivity index (χ2n) is 31.1. The number of nitriles is 1. The number of nitrogens with zero attached hydrogens (tertiary/aromatic N) is 7. The zero-order chi connectivity index (χ0) is 78.4. The van der Waals surface area contributed by atoms with Crippen molar-refractivity contribution in [2.45, 2.75) is 10.8 Å². The Morgan fingerprint density at radius 2 is 0.723 bits per heavy atom. The molecular weight excluding hydrogens is 1450 g/mol. The van der Waals surface area contributed by atoms with Gasteiger partial charge in [-0.3, -0.25) is 4.98 Å². The second-order valence-corrected chi connectivity index (χ2v) is 31.1. The molecule has 2 aliphatic carbocycles. The Labute approximate surface area is 685 Å². The highest BCUT2D eigenvalue weighted by atomic mass is 16.5. The van der Waals surface area contributed by atoms with Crippen LogP contribution in [0.2, 0.25) is 0 Å². The van der Waals surface area contributed by atoms with Gasteiger partial charge in [0.25, 0.3) is 0 Å². The third-order valence-electron chi connectivity index (χ3n) is 24.9. The van der Waals surface area contributed by atoms with Crippen molar-refractivity contribution in [3.05, 3.63) is 445 Å². The van der Waals surface area contributed by atoms with Crippen LogP contribution in [0.15, 0.2) is 394 Å². The summed E-state index contributed by atoms with van der Waals surface area (Å²) in [6.45, 7) is 0. The van der Waals surface area contributed by atoms with E-state index in [1.165, 1.54) is 44.3 Å². The number of ether oxygens (including phenoxy) is 2. The molecule has 4 aliphatic rings. The maximum atomic E-state index is 9.86. The predicted octanol–water partition coefficient (Wildman–Crippen LogP) is 26.9. The van der Waals surface area contributed by atoms with Crippen molar-refractivity contribution < 1.29 is 9.47 Å². The van der Waals surface area contributed by atoms with Crippen LogP contribution in [0.25, 0.3) is 161 Å². The van der Waals surface area contributed by atoms with Gasteiger partial charge in [-0.15, -0.1) is 0 Å². The summed E-state index contributed by atoms with van der Waals surface area (Å²) < 4.78 is 16.0. The number of hydrogen-bond donors (Lipinski definition) is 0. The monoisotopic (exact) mass is 1520 g/mol. The fourth-order valence-corrected chi connectivity index (χ4v) is 19.6. The minimum absolute atomic E-state index is 0.640. The van der Waals surface area contributed by atoms with Crippen LogP contribution in [0, 0.1) is 11.3 Å². The molecule has 0 saturated heterocycles. The molecule has 0 amide bonds. The van der Waals surface area contributed by atoms with Crippen molar-refractivity contribution >= 4 is 65.3 Å². The highest BCUT2D eigenvalue weighted by Gasteiger charge is 2.53. The summed E-state index contributed by atoms with van der Waals surface area (Å²) in [5, 5.41) is 17.6. The van der Waals surface area contributed by atoms with Gasteiger partial charge in [0.1, 0.15) is 23.0 Å². The lowest BCUT2D eigenvalue weighted by molar-refractivity contribution is 0.436. The summed E-state index contributed by atoms with van der Waals surface area (Å²) in [6.07, 6.45) is 1.84. The van der Waals surface area contributed by atoms with Crippen molar-refractivity contribution in [3.8, 4) is 125 Å². The maximum Gasteiger partial charge on any atom is 0.160 e. The Hall–Kier alpha value is -16.0. The zero-order valence-electron chi connectivity index (χ0n) is 64.0. The number of benzene rings is 16. The Kier molecular flexibility index (Phi) is 15.0. The molecule has 0 bridgehead atoms. The molecule has 0 radical (unpaired) electrons. The van der Waals surface area contributed by atoms with Gasteiger partial charge in [-0.1, -0.05) is 273 Å². The summed E-state index contributed by atoms with van der Waals surface area (Å²) >= 11 is 0. The number of rotatable bonds is 7. The molecule has 25 rings (SSSR count). The van der Waals surface area contributed by atoms with Crippen LogP contribution in [0.5, 0.6) is 23.0 Å². The van der Waals surface area contributed by atoms with Crippen LogP contribution < -0.4 is 9.47 Å². The second kappa shape index (κ2) is 26.5. The van der Waals surface area contributed by atoms with Crippen LogP contribution in [0.4, 0.5) is 0 Å². The van der Waals surface area contributed by atoms with E-state index in [1.54, 1.807) is 0 Å². The smallest absolute Gasteiger partial charge is 0.160 e. The van der Waals surface area contributed by atoms with E-state index in [0.717, 1.165) is 178 Å². The van der Waals surface area contributed by atoms with Crippen LogP contribution in [-0.2, 0) is 10.8 Å². The summed E-state index contributed by atoms with van der Waals surface area (Å²) in [5.74, 6) is 4.02. The van der Waals surface area contributed by atoms with E-state index in [0.29, 0.717) is 11.4 Å². The summed E-state index contributed by atoms with van der Waals surface area (Å²) in [6, 6.07) is 140. The van der Waals surface area contributed by atoms with E-state index in [1.807, 2.05) is 42.6 Å². The molecule has 21 aromatic rings. The highest BCUT2D eigenvalue weighted by Crippen LogP contribution is 2.65. The van der Waals surface area contributed by atoms with E-state index in [4.69, 9.17) is 34.4 Å². The number of para-hydroxylation sites is 3. The average molecular weight is 1520 g/mol. The molecule has 2 atom stereocenters. The largest absolute Gasteiger partial charge is 0.457 e. The molecule has 0 fully saturated rings. The molecule has 5 aromatic heterocycles. The molecule has 0 saturated carbocycles. The third kappa shape index (κ3) is 10.3. The lowest BCUT2D eigenvalue weighted by Gasteiger charge is -2.39. The van der Waals surface area contributed by atoms with Crippen LogP contribution in [0.1, 0.15) is 50.1 Å². The lowest BCUT2D eigenvalue weighted by atomic mass is 9.65. The molecule has 9 nitrogen and oxygen atoms in total. The highest BCUT2D eigenvalue weighted by molar-refractivity contribution is 6.11. The van der Waals surface area contributed by atoms with Crippen LogP contribution in [-0.4, -0.2) is 29.5 Å². The van der Waals surface area contributed by atoms with Crippen molar-refractivity contribution in [3.63, 3.8) is 0 Å². The van der Waals surface area contributed by atoms with Crippen LogP contribution >= 0.6 is 0 Å². The van der Waals surface area contributed by atoms with Gasteiger partial charge in [0.15, 0.2) is 5.82 Å². The van der Waals surface area contributed by atoms with Gasteiger partial charge in [-0.25, -0.2) is 19.9 Å². The topological polar surface area (TPSA) is 112 Å². The molecule has 0 N–H and O–H groups in total. The van der Waals surface area contributed by atoms with E-state index in [9.17, 15) is 5.26 Å². The van der Waals surface area contributed by atoms with Gasteiger partial charge in [0.2, 0.25) is 0 Å². The SMILES string of the molecule is N#Cc1ccc2c(c1)c1ccc(-c3ccc4c(c3)C3(c5ccccc5O4)c4ccccc4-c4ccc(-c5nc(-c6ccccc6)cc(-c6ccccc6)n5)cc43)cc1n2-c1ccccc1.c1ccc2c(c1)Oc1ccc(-c3ccc4ccc5ccccc5c4n3)cc1C21c2ccccc2-c2ccc(-c3ccc4ccc5cccnc5c4n3)cc21. The molecule has 16 aromatic carbocycles. The molecule has 2 unspecified atom stereocenters. The quantitative estimate of drug-likeness (QED) is 0.145. The molecule has 119 heavy (non-hydrogen) atoms. The van der Waals surface area contributed by atoms with E-state index >= 15 is 0 Å². The average Bonchev–Trinajstić information content (AvgIpc) is 1.56. The van der Waals surface area contributed by atoms with E-state index in [2.05, 4.69) is 362 Å². The summed E-state index contributed by atoms with van der Waals surface area (Å²) in [4.78, 5) is 25.9.